The molecular weight excluding hydrogens is 326 g/mol. The van der Waals surface area contributed by atoms with Gasteiger partial charge in [0.05, 0.1) is 4.90 Å². The minimum Gasteiger partial charge on any atom is -0.322 e. The normalized spacial score (nSPS) is 11.5. The highest BCUT2D eigenvalue weighted by atomic mass is 35.5. The van der Waals surface area contributed by atoms with Crippen molar-refractivity contribution in [3.63, 3.8) is 0 Å². The van der Waals surface area contributed by atoms with Gasteiger partial charge in [-0.15, -0.1) is 0 Å². The number of halogens is 1. The van der Waals surface area contributed by atoms with E-state index in [0.717, 1.165) is 4.31 Å². The van der Waals surface area contributed by atoms with Crippen molar-refractivity contribution < 1.29 is 13.2 Å². The Kier molecular flexibility index (Phi) is 4.80. The summed E-state index contributed by atoms with van der Waals surface area (Å²) in [5.74, 6) is -0.365. The second-order valence-electron chi connectivity index (χ2n) is 4.63. The number of carbonyl (C=O) groups excluding carboxylic acids is 1. The molecule has 1 aromatic carbocycles. The van der Waals surface area contributed by atoms with E-state index in [1.807, 2.05) is 0 Å². The van der Waals surface area contributed by atoms with Crippen LogP contribution in [-0.4, -0.2) is 37.7 Å². The summed E-state index contributed by atoms with van der Waals surface area (Å²) in [6, 6.07) is 8.82. The molecule has 0 saturated carbocycles. The first-order chi connectivity index (χ1) is 10.3. The van der Waals surface area contributed by atoms with Gasteiger partial charge in [-0.3, -0.25) is 4.79 Å². The van der Waals surface area contributed by atoms with Gasteiger partial charge in [-0.2, -0.15) is 0 Å². The molecule has 0 aliphatic rings. The highest BCUT2D eigenvalue weighted by Gasteiger charge is 2.17. The minimum absolute atomic E-state index is 0.126. The fraction of sp³-hybridized carbons (Fsp3) is 0.143. The maximum Gasteiger partial charge on any atom is 0.255 e. The maximum atomic E-state index is 12.1. The molecule has 1 amide bonds. The molecular formula is C14H14ClN3O3S. The second-order valence-corrected chi connectivity index (χ2v) is 7.17. The maximum absolute atomic E-state index is 12.1. The molecule has 0 aliphatic carbocycles. The number of amides is 1. The Morgan fingerprint density at radius 1 is 1.18 bits per heavy atom. The van der Waals surface area contributed by atoms with Crippen LogP contribution in [0, 0.1) is 0 Å². The molecule has 0 spiro atoms. The molecule has 1 heterocycles. The monoisotopic (exact) mass is 339 g/mol. The van der Waals surface area contributed by atoms with Gasteiger partial charge in [0.25, 0.3) is 5.91 Å². The Bertz CT molecular complexity index is 789. The van der Waals surface area contributed by atoms with Crippen molar-refractivity contribution in [3.05, 3.63) is 53.3 Å². The van der Waals surface area contributed by atoms with Gasteiger partial charge >= 0.3 is 0 Å². The molecule has 0 radical (unpaired) electrons. The topological polar surface area (TPSA) is 79.4 Å². The van der Waals surface area contributed by atoms with Crippen LogP contribution in [0.3, 0.4) is 0 Å². The molecule has 0 aliphatic heterocycles. The van der Waals surface area contributed by atoms with Crippen LogP contribution in [0.4, 0.5) is 5.69 Å². The zero-order valence-electron chi connectivity index (χ0n) is 11.9. The van der Waals surface area contributed by atoms with E-state index in [2.05, 4.69) is 10.3 Å². The number of anilines is 1. The molecule has 0 bridgehead atoms. The number of carbonyl (C=O) groups is 1. The van der Waals surface area contributed by atoms with Gasteiger partial charge in [0.1, 0.15) is 5.15 Å². The Morgan fingerprint density at radius 3 is 2.36 bits per heavy atom. The Hall–Kier alpha value is -1.96. The third-order valence-electron chi connectivity index (χ3n) is 2.88. The third-order valence-corrected chi connectivity index (χ3v) is 4.92. The summed E-state index contributed by atoms with van der Waals surface area (Å²) >= 11 is 5.74. The summed E-state index contributed by atoms with van der Waals surface area (Å²) in [6.45, 7) is 0. The first kappa shape index (κ1) is 16.4. The van der Waals surface area contributed by atoms with E-state index in [9.17, 15) is 13.2 Å². The van der Waals surface area contributed by atoms with Crippen LogP contribution in [0.5, 0.6) is 0 Å². The van der Waals surface area contributed by atoms with E-state index in [0.29, 0.717) is 11.3 Å². The molecule has 6 nitrogen and oxygen atoms in total. The molecule has 8 heteroatoms. The number of aromatic nitrogens is 1. The van der Waals surface area contributed by atoms with Crippen LogP contribution in [0.2, 0.25) is 5.15 Å². The number of nitrogens with one attached hydrogen (secondary N) is 1. The van der Waals surface area contributed by atoms with Crippen molar-refractivity contribution in [3.8, 4) is 0 Å². The van der Waals surface area contributed by atoms with Gasteiger partial charge in [-0.1, -0.05) is 11.6 Å². The first-order valence-electron chi connectivity index (χ1n) is 6.26. The predicted octanol–water partition coefficient (Wildman–Crippen LogP) is 2.24. The predicted molar refractivity (Wildman–Crippen MR) is 84.5 cm³/mol. The van der Waals surface area contributed by atoms with E-state index in [1.165, 1.54) is 50.6 Å². The summed E-state index contributed by atoms with van der Waals surface area (Å²) in [7, 11) is -0.613. The summed E-state index contributed by atoms with van der Waals surface area (Å²) < 4.78 is 25.0. The lowest BCUT2D eigenvalue weighted by atomic mass is 10.2. The quantitative estimate of drug-likeness (QED) is 0.866. The summed E-state index contributed by atoms with van der Waals surface area (Å²) in [4.78, 5) is 16.0. The molecule has 2 rings (SSSR count). The third kappa shape index (κ3) is 3.62. The average Bonchev–Trinajstić information content (AvgIpc) is 2.47. The Labute approximate surface area is 133 Å². The van der Waals surface area contributed by atoms with Gasteiger partial charge < -0.3 is 5.32 Å². The summed E-state index contributed by atoms with van der Waals surface area (Å²) in [6.07, 6.45) is 1.48. The Morgan fingerprint density at radius 2 is 1.82 bits per heavy atom. The zero-order valence-corrected chi connectivity index (χ0v) is 13.5. The van der Waals surface area contributed by atoms with E-state index in [1.54, 1.807) is 6.07 Å². The average molecular weight is 340 g/mol. The smallest absolute Gasteiger partial charge is 0.255 e. The van der Waals surface area contributed by atoms with Crippen LogP contribution in [0.25, 0.3) is 0 Å². The number of nitrogens with zero attached hydrogens (tertiary/aromatic N) is 2. The number of sulfonamides is 1. The van der Waals surface area contributed by atoms with Crippen LogP contribution in [0.1, 0.15) is 10.4 Å². The van der Waals surface area contributed by atoms with Crippen molar-refractivity contribution in [2.24, 2.45) is 0 Å². The van der Waals surface area contributed by atoms with Crippen molar-refractivity contribution >= 4 is 33.2 Å². The minimum atomic E-state index is -3.51. The molecule has 0 fully saturated rings. The van der Waals surface area contributed by atoms with Crippen LogP contribution >= 0.6 is 11.6 Å². The van der Waals surface area contributed by atoms with Crippen molar-refractivity contribution in [1.82, 2.24) is 9.29 Å². The van der Waals surface area contributed by atoms with Gasteiger partial charge in [0, 0.05) is 31.5 Å². The number of benzene rings is 1. The second kappa shape index (κ2) is 6.43. The summed E-state index contributed by atoms with van der Waals surface area (Å²) in [5.41, 5.74) is 0.848. The molecule has 0 atom stereocenters. The molecule has 1 N–H and O–H groups in total. The molecule has 22 heavy (non-hydrogen) atoms. The standard InChI is InChI=1S/C14H14ClN3O3S/c1-18(2)22(20,21)12-5-3-10(4-6-12)14(19)17-11-7-8-16-13(15)9-11/h3-9H,1-2H3,(H,16,17,19). The van der Waals surface area contributed by atoms with Crippen molar-refractivity contribution in [2.45, 2.75) is 4.90 Å². The zero-order chi connectivity index (χ0) is 16.3. The molecule has 0 saturated heterocycles. The fourth-order valence-electron chi connectivity index (χ4n) is 1.67. The molecule has 2 aromatic rings. The number of rotatable bonds is 4. The SMILES string of the molecule is CN(C)S(=O)(=O)c1ccc(C(=O)Nc2ccnc(Cl)c2)cc1. The van der Waals surface area contributed by atoms with Gasteiger partial charge in [0.15, 0.2) is 0 Å². The van der Waals surface area contributed by atoms with Gasteiger partial charge in [0.2, 0.25) is 10.0 Å². The Balaban J connectivity index is 2.19. The lowest BCUT2D eigenvalue weighted by Crippen LogP contribution is -2.22. The van der Waals surface area contributed by atoms with Crippen LogP contribution in [0.15, 0.2) is 47.5 Å². The number of hydrogen-bond donors (Lipinski definition) is 1. The first-order valence-corrected chi connectivity index (χ1v) is 8.08. The molecule has 116 valence electrons. The van der Waals surface area contributed by atoms with Crippen molar-refractivity contribution in [2.75, 3.05) is 19.4 Å². The lowest BCUT2D eigenvalue weighted by molar-refractivity contribution is 0.102. The van der Waals surface area contributed by atoms with Gasteiger partial charge in [-0.05, 0) is 36.4 Å². The molecule has 0 unspecified atom stereocenters. The molecule has 1 aromatic heterocycles. The number of hydrogen-bond acceptors (Lipinski definition) is 4. The van der Waals surface area contributed by atoms with E-state index < -0.39 is 10.0 Å². The van der Waals surface area contributed by atoms with Crippen LogP contribution in [-0.2, 0) is 10.0 Å². The number of pyridine rings is 1. The highest BCUT2D eigenvalue weighted by molar-refractivity contribution is 7.89. The van der Waals surface area contributed by atoms with Crippen LogP contribution < -0.4 is 5.32 Å². The summed E-state index contributed by atoms with van der Waals surface area (Å²) in [5, 5.41) is 2.93. The van der Waals surface area contributed by atoms with E-state index >= 15 is 0 Å². The highest BCUT2D eigenvalue weighted by Crippen LogP contribution is 2.16. The van der Waals surface area contributed by atoms with Gasteiger partial charge in [-0.25, -0.2) is 17.7 Å². The fourth-order valence-corrected chi connectivity index (χ4v) is 2.75. The van der Waals surface area contributed by atoms with Crippen molar-refractivity contribution in [1.29, 1.82) is 0 Å². The van der Waals surface area contributed by atoms with E-state index in [-0.39, 0.29) is 16.0 Å². The van der Waals surface area contributed by atoms with E-state index in [4.69, 9.17) is 11.6 Å². The largest absolute Gasteiger partial charge is 0.322 e. The lowest BCUT2D eigenvalue weighted by Gasteiger charge is -2.11.